The molecule has 14 heteroatoms. The number of ether oxygens (including phenoxy) is 5. The summed E-state index contributed by atoms with van der Waals surface area (Å²) in [6.45, 7) is 7.22. The topological polar surface area (TPSA) is 142 Å². The number of imidazole rings is 1. The number of carbonyl (C=O) groups is 2. The maximum atomic E-state index is 14.3. The first kappa shape index (κ1) is 35.7. The van der Waals surface area contributed by atoms with Crippen molar-refractivity contribution < 1.29 is 33.3 Å². The summed E-state index contributed by atoms with van der Waals surface area (Å²) in [4.78, 5) is 45.7. The first-order chi connectivity index (χ1) is 26.9. The predicted octanol–water partition coefficient (Wildman–Crippen LogP) is 5.45. The number of piperazine rings is 1. The standard InChI is InChI=1S/C41H43N7O7/c1-27(2)32-23-37(44-40(43-32)47-13-12-42-26-47)46-14-15-48(41(50)55-25-28-6-4-3-5-7-28)31(24-46)22-38(49)45-39(29-8-10-33-35(20-29)53-18-16-51-33)30-9-11-34-36(21-30)54-19-17-52-34/h3-13,20-21,23,26-27,31,39H,14-19,22,24-25H2,1-2H3,(H,45,49). The summed E-state index contributed by atoms with van der Waals surface area (Å²) in [7, 11) is 0. The van der Waals surface area contributed by atoms with E-state index in [0.717, 1.165) is 22.4 Å². The van der Waals surface area contributed by atoms with Crippen molar-refractivity contribution in [2.75, 3.05) is 51.0 Å². The molecule has 0 saturated carbocycles. The Balaban J connectivity index is 1.08. The molecule has 284 valence electrons. The molecular formula is C41H43N7O7. The van der Waals surface area contributed by atoms with Gasteiger partial charge in [-0.1, -0.05) is 56.3 Å². The zero-order valence-corrected chi connectivity index (χ0v) is 30.8. The fraction of sp³-hybridized carbons (Fsp3) is 0.341. The summed E-state index contributed by atoms with van der Waals surface area (Å²) in [6, 6.07) is 21.7. The molecule has 55 heavy (non-hydrogen) atoms. The van der Waals surface area contributed by atoms with Gasteiger partial charge in [0.1, 0.15) is 45.2 Å². The van der Waals surface area contributed by atoms with E-state index in [1.165, 1.54) is 0 Å². The van der Waals surface area contributed by atoms with Crippen molar-refractivity contribution in [3.8, 4) is 28.9 Å². The molecular weight excluding hydrogens is 702 g/mol. The van der Waals surface area contributed by atoms with E-state index < -0.39 is 18.2 Å². The predicted molar refractivity (Wildman–Crippen MR) is 202 cm³/mol. The van der Waals surface area contributed by atoms with Crippen LogP contribution in [-0.4, -0.2) is 88.5 Å². The number of rotatable bonds is 10. The molecule has 3 aromatic carbocycles. The molecule has 5 heterocycles. The monoisotopic (exact) mass is 745 g/mol. The zero-order valence-electron chi connectivity index (χ0n) is 30.8. The van der Waals surface area contributed by atoms with E-state index in [0.29, 0.717) is 80.8 Å². The molecule has 5 aromatic rings. The molecule has 14 nitrogen and oxygen atoms in total. The van der Waals surface area contributed by atoms with E-state index in [-0.39, 0.29) is 24.9 Å². The van der Waals surface area contributed by atoms with Gasteiger partial charge in [-0.05, 0) is 46.9 Å². The third-order valence-electron chi connectivity index (χ3n) is 9.82. The second-order valence-electron chi connectivity index (χ2n) is 13.9. The smallest absolute Gasteiger partial charge is 0.410 e. The lowest BCUT2D eigenvalue weighted by Crippen LogP contribution is -2.57. The number of amides is 2. The Bertz CT molecular complexity index is 2070. The Kier molecular flexibility index (Phi) is 10.4. The van der Waals surface area contributed by atoms with Crippen LogP contribution < -0.4 is 29.2 Å². The Hall–Kier alpha value is -6.31. The highest BCUT2D eigenvalue weighted by Crippen LogP contribution is 2.38. The van der Waals surface area contributed by atoms with Gasteiger partial charge in [0, 0.05) is 44.5 Å². The third-order valence-corrected chi connectivity index (χ3v) is 9.82. The molecule has 1 atom stereocenters. The summed E-state index contributed by atoms with van der Waals surface area (Å²) in [6.07, 6.45) is 4.66. The third kappa shape index (κ3) is 8.13. The lowest BCUT2D eigenvalue weighted by atomic mass is 9.96. The number of fused-ring (bicyclic) bond motifs is 2. The van der Waals surface area contributed by atoms with Gasteiger partial charge in [-0.15, -0.1) is 0 Å². The molecule has 3 aliphatic heterocycles. The molecule has 0 spiro atoms. The lowest BCUT2D eigenvalue weighted by molar-refractivity contribution is -0.122. The quantitative estimate of drug-likeness (QED) is 0.195. The number of benzene rings is 3. The highest BCUT2D eigenvalue weighted by atomic mass is 16.6. The Labute approximate surface area is 319 Å². The van der Waals surface area contributed by atoms with Gasteiger partial charge >= 0.3 is 6.09 Å². The van der Waals surface area contributed by atoms with Crippen LogP contribution >= 0.6 is 0 Å². The Morgan fingerprint density at radius 2 is 1.51 bits per heavy atom. The van der Waals surface area contributed by atoms with Crippen molar-refractivity contribution in [1.29, 1.82) is 0 Å². The molecule has 1 unspecified atom stereocenters. The molecule has 3 aliphatic rings. The van der Waals surface area contributed by atoms with Crippen LogP contribution in [-0.2, 0) is 16.1 Å². The fourth-order valence-corrected chi connectivity index (χ4v) is 6.94. The Morgan fingerprint density at radius 3 is 2.15 bits per heavy atom. The van der Waals surface area contributed by atoms with E-state index in [1.807, 2.05) is 72.8 Å². The molecule has 1 fully saturated rings. The SMILES string of the molecule is CC(C)c1cc(N2CCN(C(=O)OCc3ccccc3)C(CC(=O)NC(c3ccc4c(c3)OCCO4)c3ccc4c(c3)OCCO4)C2)nc(-n2ccnc2)n1. The average Bonchev–Trinajstić information content (AvgIpc) is 3.77. The normalized spacial score (nSPS) is 16.3. The number of carbonyl (C=O) groups excluding carboxylic acids is 2. The summed E-state index contributed by atoms with van der Waals surface area (Å²) in [5.74, 6) is 3.60. The zero-order chi connectivity index (χ0) is 37.7. The lowest BCUT2D eigenvalue weighted by Gasteiger charge is -2.41. The van der Waals surface area contributed by atoms with Crippen LogP contribution in [0.4, 0.5) is 10.6 Å². The number of hydrogen-bond donors (Lipinski definition) is 1. The molecule has 2 aromatic heterocycles. The van der Waals surface area contributed by atoms with Crippen LogP contribution in [0.2, 0.25) is 0 Å². The van der Waals surface area contributed by atoms with E-state index in [9.17, 15) is 9.59 Å². The first-order valence-electron chi connectivity index (χ1n) is 18.6. The maximum Gasteiger partial charge on any atom is 0.410 e. The van der Waals surface area contributed by atoms with Gasteiger partial charge < -0.3 is 38.8 Å². The Morgan fingerprint density at radius 1 is 0.836 bits per heavy atom. The van der Waals surface area contributed by atoms with Crippen molar-refractivity contribution >= 4 is 17.8 Å². The van der Waals surface area contributed by atoms with E-state index in [1.54, 1.807) is 28.2 Å². The summed E-state index contributed by atoms with van der Waals surface area (Å²) in [5.41, 5.74) is 3.34. The van der Waals surface area contributed by atoms with E-state index in [4.69, 9.17) is 33.7 Å². The van der Waals surface area contributed by atoms with Crippen LogP contribution in [0.1, 0.15) is 54.6 Å². The molecule has 1 saturated heterocycles. The maximum absolute atomic E-state index is 14.3. The van der Waals surface area contributed by atoms with Crippen molar-refractivity contribution in [2.45, 2.75) is 44.9 Å². The molecule has 8 rings (SSSR count). The van der Waals surface area contributed by atoms with Crippen LogP contribution in [0.5, 0.6) is 23.0 Å². The summed E-state index contributed by atoms with van der Waals surface area (Å²) < 4.78 is 31.0. The number of hydrogen-bond acceptors (Lipinski definition) is 11. The van der Waals surface area contributed by atoms with Gasteiger partial charge in [0.15, 0.2) is 23.0 Å². The van der Waals surface area contributed by atoms with Crippen LogP contribution in [0, 0.1) is 0 Å². The number of aromatic nitrogens is 4. The molecule has 0 bridgehead atoms. The highest BCUT2D eigenvalue weighted by Gasteiger charge is 2.35. The average molecular weight is 746 g/mol. The largest absolute Gasteiger partial charge is 0.486 e. The first-order valence-corrected chi connectivity index (χ1v) is 18.6. The minimum atomic E-state index is -0.578. The van der Waals surface area contributed by atoms with Crippen LogP contribution in [0.3, 0.4) is 0 Å². The van der Waals surface area contributed by atoms with Gasteiger partial charge in [-0.2, -0.15) is 4.98 Å². The van der Waals surface area contributed by atoms with Crippen LogP contribution in [0.25, 0.3) is 5.95 Å². The molecule has 2 amide bonds. The minimum absolute atomic E-state index is 0.000953. The van der Waals surface area contributed by atoms with Crippen LogP contribution in [0.15, 0.2) is 91.5 Å². The van der Waals surface area contributed by atoms with E-state index in [2.05, 4.69) is 29.0 Å². The summed E-state index contributed by atoms with van der Waals surface area (Å²) in [5, 5.41) is 3.27. The van der Waals surface area contributed by atoms with E-state index >= 15 is 0 Å². The minimum Gasteiger partial charge on any atom is -0.486 e. The number of nitrogens with zero attached hydrogens (tertiary/aromatic N) is 6. The molecule has 1 N–H and O–H groups in total. The number of nitrogens with one attached hydrogen (secondary N) is 1. The van der Waals surface area contributed by atoms with Gasteiger partial charge in [-0.25, -0.2) is 14.8 Å². The second-order valence-corrected chi connectivity index (χ2v) is 13.9. The van der Waals surface area contributed by atoms with Crippen molar-refractivity contribution in [1.82, 2.24) is 29.7 Å². The van der Waals surface area contributed by atoms with Gasteiger partial charge in [0.2, 0.25) is 11.9 Å². The molecule has 0 radical (unpaired) electrons. The highest BCUT2D eigenvalue weighted by molar-refractivity contribution is 5.79. The van der Waals surface area contributed by atoms with Gasteiger partial charge in [0.25, 0.3) is 0 Å². The van der Waals surface area contributed by atoms with Crippen molar-refractivity contribution in [3.05, 3.63) is 114 Å². The van der Waals surface area contributed by atoms with Crippen molar-refractivity contribution in [3.63, 3.8) is 0 Å². The fourth-order valence-electron chi connectivity index (χ4n) is 6.94. The summed E-state index contributed by atoms with van der Waals surface area (Å²) >= 11 is 0. The van der Waals surface area contributed by atoms with Gasteiger partial charge in [0.05, 0.1) is 17.8 Å². The van der Waals surface area contributed by atoms with Crippen molar-refractivity contribution in [2.24, 2.45) is 0 Å². The van der Waals surface area contributed by atoms with Gasteiger partial charge in [-0.3, -0.25) is 9.36 Å². The second kappa shape index (κ2) is 16.0. The molecule has 0 aliphatic carbocycles. The number of anilines is 1.